The molecule has 0 amide bonds. The predicted octanol–water partition coefficient (Wildman–Crippen LogP) is 0.933. The molecule has 0 bridgehead atoms. The molecule has 2 aliphatic rings. The minimum absolute atomic E-state index is 0.116. The van der Waals surface area contributed by atoms with E-state index in [-0.39, 0.29) is 17.6 Å². The molecule has 7 nitrogen and oxygen atoms in total. The molecule has 4 rings (SSSR count). The highest BCUT2D eigenvalue weighted by Crippen LogP contribution is 2.43. The lowest BCUT2D eigenvalue weighted by molar-refractivity contribution is -0.00721. The van der Waals surface area contributed by atoms with Crippen LogP contribution >= 0.6 is 0 Å². The maximum absolute atomic E-state index is 12.0. The minimum atomic E-state index is -0.152. The molecule has 2 aromatic heterocycles. The van der Waals surface area contributed by atoms with Gasteiger partial charge in [0.25, 0.3) is 5.56 Å². The summed E-state index contributed by atoms with van der Waals surface area (Å²) < 4.78 is 5.48. The first-order chi connectivity index (χ1) is 11.7. The summed E-state index contributed by atoms with van der Waals surface area (Å²) in [5, 5.41) is 10.7. The Balaban J connectivity index is 1.67. The molecule has 2 aromatic rings. The summed E-state index contributed by atoms with van der Waals surface area (Å²) in [6.07, 6.45) is 5.99. The maximum atomic E-state index is 12.0. The van der Waals surface area contributed by atoms with Gasteiger partial charge in [-0.2, -0.15) is 0 Å². The van der Waals surface area contributed by atoms with Gasteiger partial charge in [0.15, 0.2) is 5.82 Å². The Bertz CT molecular complexity index is 787. The second kappa shape index (κ2) is 6.14. The molecule has 2 N–H and O–H groups in total. The fourth-order valence-corrected chi connectivity index (χ4v) is 4.20. The van der Waals surface area contributed by atoms with Gasteiger partial charge in [0.05, 0.1) is 18.3 Å². The Morgan fingerprint density at radius 2 is 2.21 bits per heavy atom. The lowest BCUT2D eigenvalue weighted by Crippen LogP contribution is -2.40. The summed E-state index contributed by atoms with van der Waals surface area (Å²) in [5.74, 6) is 1.20. The van der Waals surface area contributed by atoms with E-state index in [0.717, 1.165) is 51.4 Å². The molecule has 2 fully saturated rings. The van der Waals surface area contributed by atoms with Gasteiger partial charge in [0.2, 0.25) is 0 Å². The van der Waals surface area contributed by atoms with Crippen molar-refractivity contribution in [2.24, 2.45) is 11.3 Å². The highest BCUT2D eigenvalue weighted by Gasteiger charge is 2.45. The number of anilines is 1. The number of hydrogen-bond donors (Lipinski definition) is 2. The largest absolute Gasteiger partial charge is 0.396 e. The van der Waals surface area contributed by atoms with Crippen LogP contribution < -0.4 is 10.5 Å². The van der Waals surface area contributed by atoms with Crippen LogP contribution in [0.4, 0.5) is 5.82 Å². The summed E-state index contributed by atoms with van der Waals surface area (Å²) in [6.45, 7) is 3.28. The number of nitrogens with zero attached hydrogens (tertiary/aromatic N) is 3. The average molecular weight is 330 g/mol. The van der Waals surface area contributed by atoms with Crippen LogP contribution in [0.3, 0.4) is 0 Å². The number of aliphatic hydroxyl groups is 1. The lowest BCUT2D eigenvalue weighted by Gasteiger charge is -2.38. The number of hydrogen-bond acceptors (Lipinski definition) is 6. The second-order valence-corrected chi connectivity index (χ2v) is 6.84. The van der Waals surface area contributed by atoms with Crippen molar-refractivity contribution in [3.63, 3.8) is 0 Å². The zero-order chi connectivity index (χ0) is 16.6. The third-order valence-corrected chi connectivity index (χ3v) is 5.63. The SMILES string of the molecule is O=c1[nH]cnc2c(N3CCC(CO)(C4CCOCC4)C3)nccc12. The van der Waals surface area contributed by atoms with Crippen molar-refractivity contribution in [3.8, 4) is 0 Å². The topological polar surface area (TPSA) is 91.3 Å². The van der Waals surface area contributed by atoms with Gasteiger partial charge in [-0.05, 0) is 31.2 Å². The van der Waals surface area contributed by atoms with Gasteiger partial charge in [0.1, 0.15) is 5.52 Å². The number of ether oxygens (including phenoxy) is 1. The molecule has 0 aliphatic carbocycles. The van der Waals surface area contributed by atoms with Crippen LogP contribution in [0.25, 0.3) is 10.9 Å². The second-order valence-electron chi connectivity index (χ2n) is 6.84. The van der Waals surface area contributed by atoms with Crippen LogP contribution in [0, 0.1) is 11.3 Å². The molecule has 24 heavy (non-hydrogen) atoms. The Hall–Kier alpha value is -1.99. The van der Waals surface area contributed by atoms with Crippen LogP contribution in [0.5, 0.6) is 0 Å². The van der Waals surface area contributed by atoms with Gasteiger partial charge in [-0.3, -0.25) is 4.79 Å². The number of rotatable bonds is 3. The number of nitrogens with one attached hydrogen (secondary N) is 1. The van der Waals surface area contributed by atoms with Crippen molar-refractivity contribution in [1.82, 2.24) is 15.0 Å². The normalized spacial score (nSPS) is 25.5. The molecule has 128 valence electrons. The summed E-state index contributed by atoms with van der Waals surface area (Å²) >= 11 is 0. The van der Waals surface area contributed by atoms with E-state index < -0.39 is 0 Å². The van der Waals surface area contributed by atoms with Crippen LogP contribution in [0.15, 0.2) is 23.4 Å². The van der Waals surface area contributed by atoms with E-state index in [1.54, 1.807) is 12.3 Å². The van der Waals surface area contributed by atoms with Gasteiger partial charge >= 0.3 is 0 Å². The predicted molar refractivity (Wildman–Crippen MR) is 90.1 cm³/mol. The highest BCUT2D eigenvalue weighted by atomic mass is 16.5. The Morgan fingerprint density at radius 1 is 1.38 bits per heavy atom. The lowest BCUT2D eigenvalue weighted by atomic mass is 9.71. The van der Waals surface area contributed by atoms with E-state index in [4.69, 9.17) is 4.74 Å². The molecule has 0 saturated carbocycles. The van der Waals surface area contributed by atoms with E-state index in [9.17, 15) is 9.90 Å². The van der Waals surface area contributed by atoms with Crippen molar-refractivity contribution in [3.05, 3.63) is 28.9 Å². The van der Waals surface area contributed by atoms with Gasteiger partial charge < -0.3 is 19.7 Å². The number of aliphatic hydroxyl groups excluding tert-OH is 1. The zero-order valence-electron chi connectivity index (χ0n) is 13.6. The molecule has 1 atom stereocenters. The first-order valence-corrected chi connectivity index (χ1v) is 8.49. The highest BCUT2D eigenvalue weighted by molar-refractivity contribution is 5.87. The molecule has 0 aromatic carbocycles. The quantitative estimate of drug-likeness (QED) is 0.870. The molecule has 2 aliphatic heterocycles. The fraction of sp³-hybridized carbons (Fsp3) is 0.588. The molecule has 0 spiro atoms. The van der Waals surface area contributed by atoms with Crippen LogP contribution in [0.1, 0.15) is 19.3 Å². The number of fused-ring (bicyclic) bond motifs is 1. The number of H-pyrrole nitrogens is 1. The third-order valence-electron chi connectivity index (χ3n) is 5.63. The molecule has 2 saturated heterocycles. The fourth-order valence-electron chi connectivity index (χ4n) is 4.20. The molecule has 4 heterocycles. The third kappa shape index (κ3) is 2.48. The van der Waals surface area contributed by atoms with Gasteiger partial charge in [-0.25, -0.2) is 9.97 Å². The van der Waals surface area contributed by atoms with Gasteiger partial charge in [0, 0.05) is 37.9 Å². The van der Waals surface area contributed by atoms with E-state index in [1.165, 1.54) is 6.33 Å². The molecule has 0 radical (unpaired) electrons. The maximum Gasteiger partial charge on any atom is 0.258 e. The Kier molecular flexibility index (Phi) is 3.97. The van der Waals surface area contributed by atoms with Crippen LogP contribution in [-0.2, 0) is 4.74 Å². The smallest absolute Gasteiger partial charge is 0.258 e. The first-order valence-electron chi connectivity index (χ1n) is 8.49. The Labute approximate surface area is 139 Å². The standard InChI is InChI=1S/C17H22N4O3/c22-10-17(12-2-7-24-8-3-12)4-6-21(9-17)15-14-13(1-5-18-15)16(23)20-11-19-14/h1,5,11-12,22H,2-4,6-10H2,(H,19,20,23). The number of aromatic amines is 1. The molecular weight excluding hydrogens is 308 g/mol. The molecular formula is C17H22N4O3. The summed E-state index contributed by atoms with van der Waals surface area (Å²) in [6, 6.07) is 1.69. The van der Waals surface area contributed by atoms with E-state index in [1.807, 2.05) is 0 Å². The van der Waals surface area contributed by atoms with Gasteiger partial charge in [-0.15, -0.1) is 0 Å². The van der Waals surface area contributed by atoms with Crippen molar-refractivity contribution >= 4 is 16.7 Å². The van der Waals surface area contributed by atoms with Crippen LogP contribution in [0.2, 0.25) is 0 Å². The van der Waals surface area contributed by atoms with Crippen molar-refractivity contribution in [2.75, 3.05) is 37.8 Å². The average Bonchev–Trinajstić information content (AvgIpc) is 3.08. The summed E-state index contributed by atoms with van der Waals surface area (Å²) in [4.78, 5) is 25.6. The molecule has 1 unspecified atom stereocenters. The van der Waals surface area contributed by atoms with Crippen molar-refractivity contribution in [2.45, 2.75) is 19.3 Å². The van der Waals surface area contributed by atoms with E-state index in [2.05, 4.69) is 19.9 Å². The summed E-state index contributed by atoms with van der Waals surface area (Å²) in [5.41, 5.74) is 0.358. The monoisotopic (exact) mass is 330 g/mol. The summed E-state index contributed by atoms with van der Waals surface area (Å²) in [7, 11) is 0. The molecule has 7 heteroatoms. The van der Waals surface area contributed by atoms with E-state index in [0.29, 0.717) is 16.8 Å². The minimum Gasteiger partial charge on any atom is -0.396 e. The van der Waals surface area contributed by atoms with Crippen LogP contribution in [-0.4, -0.2) is 53.0 Å². The number of aromatic nitrogens is 3. The first kappa shape index (κ1) is 15.5. The van der Waals surface area contributed by atoms with E-state index >= 15 is 0 Å². The number of pyridine rings is 1. The Morgan fingerprint density at radius 3 is 3.00 bits per heavy atom. The zero-order valence-corrected chi connectivity index (χ0v) is 13.6. The van der Waals surface area contributed by atoms with Crippen molar-refractivity contribution in [1.29, 1.82) is 0 Å². The van der Waals surface area contributed by atoms with Gasteiger partial charge in [-0.1, -0.05) is 0 Å². The van der Waals surface area contributed by atoms with Crippen molar-refractivity contribution < 1.29 is 9.84 Å².